The van der Waals surface area contributed by atoms with E-state index in [0.717, 1.165) is 35.5 Å². The van der Waals surface area contributed by atoms with Crippen molar-refractivity contribution in [2.75, 3.05) is 16.8 Å². The SMILES string of the molecule is Cc1ccc(C(=O)N2CC(=O)Nc3cccc(C4CC4)c32)cn1. The average Bonchev–Trinajstić information content (AvgIpc) is 3.38. The van der Waals surface area contributed by atoms with E-state index in [1.807, 2.05) is 25.1 Å². The molecule has 1 N–H and O–H groups in total. The molecule has 0 atom stereocenters. The highest BCUT2D eigenvalue weighted by Crippen LogP contribution is 2.47. The quantitative estimate of drug-likeness (QED) is 0.928. The summed E-state index contributed by atoms with van der Waals surface area (Å²) in [6, 6.07) is 9.42. The highest BCUT2D eigenvalue weighted by molar-refractivity contribution is 6.15. The number of amides is 2. The van der Waals surface area contributed by atoms with Crippen LogP contribution in [0.1, 0.15) is 40.4 Å². The van der Waals surface area contributed by atoms with Gasteiger partial charge in [-0.25, -0.2) is 0 Å². The zero-order chi connectivity index (χ0) is 16.0. The molecule has 0 unspecified atom stereocenters. The van der Waals surface area contributed by atoms with Gasteiger partial charge in [-0.05, 0) is 49.4 Å². The van der Waals surface area contributed by atoms with E-state index in [9.17, 15) is 9.59 Å². The second-order valence-corrected chi connectivity index (χ2v) is 6.15. The molecule has 116 valence electrons. The number of nitrogens with zero attached hydrogens (tertiary/aromatic N) is 2. The molecule has 5 nitrogen and oxygen atoms in total. The van der Waals surface area contributed by atoms with Gasteiger partial charge in [-0.2, -0.15) is 0 Å². The third-order valence-corrected chi connectivity index (χ3v) is 4.33. The van der Waals surface area contributed by atoms with Gasteiger partial charge in [0.05, 0.1) is 16.9 Å². The van der Waals surface area contributed by atoms with Gasteiger partial charge in [-0.15, -0.1) is 0 Å². The van der Waals surface area contributed by atoms with E-state index in [2.05, 4.69) is 16.4 Å². The summed E-state index contributed by atoms with van der Waals surface area (Å²) in [4.78, 5) is 30.7. The number of nitrogens with one attached hydrogen (secondary N) is 1. The Hall–Kier alpha value is -2.69. The minimum absolute atomic E-state index is 0.0451. The monoisotopic (exact) mass is 307 g/mol. The molecular formula is C18H17N3O2. The molecule has 0 radical (unpaired) electrons. The molecule has 1 aromatic heterocycles. The molecule has 1 aliphatic carbocycles. The minimum Gasteiger partial charge on any atom is -0.323 e. The van der Waals surface area contributed by atoms with Gasteiger partial charge in [0.15, 0.2) is 0 Å². The molecule has 1 fully saturated rings. The van der Waals surface area contributed by atoms with Crippen LogP contribution in [0.15, 0.2) is 36.5 Å². The number of aryl methyl sites for hydroxylation is 1. The van der Waals surface area contributed by atoms with Crippen molar-refractivity contribution in [1.82, 2.24) is 4.98 Å². The Labute approximate surface area is 134 Å². The number of rotatable bonds is 2. The van der Waals surface area contributed by atoms with Crippen molar-refractivity contribution in [3.8, 4) is 0 Å². The molecular weight excluding hydrogens is 290 g/mol. The molecule has 1 aliphatic heterocycles. The predicted molar refractivity (Wildman–Crippen MR) is 87.7 cm³/mol. The molecule has 23 heavy (non-hydrogen) atoms. The number of anilines is 2. The summed E-state index contributed by atoms with van der Waals surface area (Å²) in [5, 5.41) is 2.88. The highest BCUT2D eigenvalue weighted by atomic mass is 16.2. The molecule has 0 spiro atoms. The third kappa shape index (κ3) is 2.48. The first kappa shape index (κ1) is 13.9. The Morgan fingerprint density at radius 2 is 2.09 bits per heavy atom. The van der Waals surface area contributed by atoms with Crippen LogP contribution in [0.5, 0.6) is 0 Å². The van der Waals surface area contributed by atoms with Crippen LogP contribution in [0.25, 0.3) is 0 Å². The Bertz CT molecular complexity index is 794. The fourth-order valence-electron chi connectivity index (χ4n) is 3.02. The van der Waals surface area contributed by atoms with Gasteiger partial charge in [0.1, 0.15) is 6.54 Å². The van der Waals surface area contributed by atoms with E-state index in [4.69, 9.17) is 0 Å². The Morgan fingerprint density at radius 3 is 2.78 bits per heavy atom. The van der Waals surface area contributed by atoms with Crippen molar-refractivity contribution in [2.45, 2.75) is 25.7 Å². The van der Waals surface area contributed by atoms with Gasteiger partial charge >= 0.3 is 0 Å². The Morgan fingerprint density at radius 1 is 1.26 bits per heavy atom. The van der Waals surface area contributed by atoms with Crippen LogP contribution in [-0.4, -0.2) is 23.3 Å². The lowest BCUT2D eigenvalue weighted by Gasteiger charge is -2.31. The first-order valence-electron chi connectivity index (χ1n) is 7.81. The van der Waals surface area contributed by atoms with Gasteiger partial charge in [0.25, 0.3) is 5.91 Å². The molecule has 4 rings (SSSR count). The maximum absolute atomic E-state index is 12.9. The largest absolute Gasteiger partial charge is 0.323 e. The fourth-order valence-corrected chi connectivity index (χ4v) is 3.02. The van der Waals surface area contributed by atoms with E-state index in [-0.39, 0.29) is 18.4 Å². The fraction of sp³-hybridized carbons (Fsp3) is 0.278. The van der Waals surface area contributed by atoms with Crippen LogP contribution in [0.3, 0.4) is 0 Å². The van der Waals surface area contributed by atoms with Gasteiger partial charge in [-0.1, -0.05) is 12.1 Å². The minimum atomic E-state index is -0.179. The summed E-state index contributed by atoms with van der Waals surface area (Å²) < 4.78 is 0. The van der Waals surface area contributed by atoms with Crippen molar-refractivity contribution in [3.05, 3.63) is 53.3 Å². The van der Waals surface area contributed by atoms with E-state index in [1.54, 1.807) is 17.2 Å². The third-order valence-electron chi connectivity index (χ3n) is 4.33. The van der Waals surface area contributed by atoms with Gasteiger partial charge in [0, 0.05) is 11.9 Å². The Balaban J connectivity index is 1.79. The van der Waals surface area contributed by atoms with Crippen LogP contribution < -0.4 is 10.2 Å². The Kier molecular flexibility index (Phi) is 3.15. The number of hydrogen-bond acceptors (Lipinski definition) is 3. The number of hydrogen-bond donors (Lipinski definition) is 1. The predicted octanol–water partition coefficient (Wildman–Crippen LogP) is 2.87. The average molecular weight is 307 g/mol. The summed E-state index contributed by atoms with van der Waals surface area (Å²) in [6.07, 6.45) is 3.85. The molecule has 0 bridgehead atoms. The standard InChI is InChI=1S/C18H17N3O2/c1-11-5-6-13(9-19-11)18(23)21-10-16(22)20-15-4-2-3-14(17(15)21)12-7-8-12/h2-6,9,12H,7-8,10H2,1H3,(H,20,22). The van der Waals surface area contributed by atoms with Crippen molar-refractivity contribution in [2.24, 2.45) is 0 Å². The van der Waals surface area contributed by atoms with Crippen LogP contribution in [0.2, 0.25) is 0 Å². The van der Waals surface area contributed by atoms with Crippen molar-refractivity contribution in [3.63, 3.8) is 0 Å². The molecule has 1 aromatic carbocycles. The number of carbonyl (C=O) groups excluding carboxylic acids is 2. The molecule has 2 aliphatic rings. The van der Waals surface area contributed by atoms with E-state index in [0.29, 0.717) is 11.5 Å². The number of aromatic nitrogens is 1. The second-order valence-electron chi connectivity index (χ2n) is 6.15. The molecule has 2 aromatic rings. The number of carbonyl (C=O) groups is 2. The van der Waals surface area contributed by atoms with Crippen molar-refractivity contribution < 1.29 is 9.59 Å². The highest BCUT2D eigenvalue weighted by Gasteiger charge is 2.34. The van der Waals surface area contributed by atoms with Gasteiger partial charge < -0.3 is 5.32 Å². The van der Waals surface area contributed by atoms with Crippen LogP contribution in [-0.2, 0) is 4.79 Å². The first-order chi connectivity index (χ1) is 11.1. The van der Waals surface area contributed by atoms with Crippen molar-refractivity contribution in [1.29, 1.82) is 0 Å². The van der Waals surface area contributed by atoms with Crippen LogP contribution >= 0.6 is 0 Å². The molecule has 1 saturated carbocycles. The van der Waals surface area contributed by atoms with E-state index < -0.39 is 0 Å². The lowest BCUT2D eigenvalue weighted by molar-refractivity contribution is -0.115. The summed E-state index contributed by atoms with van der Waals surface area (Å²) in [5.41, 5.74) is 4.08. The first-order valence-corrected chi connectivity index (χ1v) is 7.81. The van der Waals surface area contributed by atoms with E-state index in [1.165, 1.54) is 0 Å². The lowest BCUT2D eigenvalue weighted by Crippen LogP contribution is -2.42. The molecule has 0 saturated heterocycles. The molecule has 5 heteroatoms. The second kappa shape index (κ2) is 5.19. The molecule has 2 amide bonds. The number of para-hydroxylation sites is 1. The summed E-state index contributed by atoms with van der Waals surface area (Å²) in [7, 11) is 0. The smallest absolute Gasteiger partial charge is 0.260 e. The summed E-state index contributed by atoms with van der Waals surface area (Å²) in [6.45, 7) is 1.92. The lowest BCUT2D eigenvalue weighted by atomic mass is 10.0. The maximum atomic E-state index is 12.9. The van der Waals surface area contributed by atoms with Crippen LogP contribution in [0.4, 0.5) is 11.4 Å². The van der Waals surface area contributed by atoms with Gasteiger partial charge in [0.2, 0.25) is 5.91 Å². The topological polar surface area (TPSA) is 62.3 Å². The number of pyridine rings is 1. The van der Waals surface area contributed by atoms with Crippen LogP contribution in [0, 0.1) is 6.92 Å². The number of fused-ring (bicyclic) bond motifs is 1. The van der Waals surface area contributed by atoms with Gasteiger partial charge in [-0.3, -0.25) is 19.5 Å². The van der Waals surface area contributed by atoms with E-state index >= 15 is 0 Å². The van der Waals surface area contributed by atoms with Crippen molar-refractivity contribution >= 4 is 23.2 Å². The number of benzene rings is 1. The summed E-state index contributed by atoms with van der Waals surface area (Å²) >= 11 is 0. The maximum Gasteiger partial charge on any atom is 0.260 e. The summed E-state index contributed by atoms with van der Waals surface area (Å²) in [5.74, 6) is 0.145. The molecule has 2 heterocycles. The zero-order valence-electron chi connectivity index (χ0n) is 12.9. The normalized spacial score (nSPS) is 16.7. The zero-order valence-corrected chi connectivity index (χ0v) is 12.9.